The van der Waals surface area contributed by atoms with Gasteiger partial charge in [0.15, 0.2) is 5.76 Å². The molecule has 1 fully saturated rings. The molecule has 20 heavy (non-hydrogen) atoms. The first-order valence-corrected chi connectivity index (χ1v) is 7.22. The summed E-state index contributed by atoms with van der Waals surface area (Å²) in [6, 6.07) is 13.6. The molecule has 3 rings (SSSR count). The van der Waals surface area contributed by atoms with E-state index in [2.05, 4.69) is 52.6 Å². The van der Waals surface area contributed by atoms with Crippen LogP contribution in [0.15, 0.2) is 47.1 Å². The minimum Gasteiger partial charge on any atom is -0.360 e. The van der Waals surface area contributed by atoms with Crippen molar-refractivity contribution in [3.8, 4) is 0 Å². The topological polar surface area (TPSA) is 41.3 Å². The van der Waals surface area contributed by atoms with Gasteiger partial charge in [-0.2, -0.15) is 0 Å². The Bertz CT molecular complexity index is 512. The normalized spacial score (nSPS) is 23.9. The molecular weight excluding hydrogens is 250 g/mol. The van der Waals surface area contributed by atoms with Gasteiger partial charge in [0, 0.05) is 31.2 Å². The van der Waals surface area contributed by atoms with Crippen LogP contribution in [-0.2, 0) is 13.0 Å². The zero-order chi connectivity index (χ0) is 13.8. The SMILES string of the molecule is CC1CNC(Cc2ccccc2)CN1Cc1ccno1. The van der Waals surface area contributed by atoms with Gasteiger partial charge in [0.2, 0.25) is 0 Å². The molecule has 0 bridgehead atoms. The number of aromatic nitrogens is 1. The number of nitrogens with one attached hydrogen (secondary N) is 1. The number of rotatable bonds is 4. The molecule has 0 saturated carbocycles. The molecule has 0 radical (unpaired) electrons. The molecule has 1 aromatic heterocycles. The molecule has 2 heterocycles. The van der Waals surface area contributed by atoms with Gasteiger partial charge in [-0.3, -0.25) is 4.90 Å². The van der Waals surface area contributed by atoms with Crippen molar-refractivity contribution in [2.45, 2.75) is 32.0 Å². The Morgan fingerprint density at radius 3 is 2.90 bits per heavy atom. The summed E-state index contributed by atoms with van der Waals surface area (Å²) >= 11 is 0. The minimum absolute atomic E-state index is 0.497. The van der Waals surface area contributed by atoms with Gasteiger partial charge in [-0.25, -0.2) is 0 Å². The Labute approximate surface area is 119 Å². The van der Waals surface area contributed by atoms with E-state index in [1.165, 1.54) is 5.56 Å². The zero-order valence-corrected chi connectivity index (χ0v) is 11.8. The summed E-state index contributed by atoms with van der Waals surface area (Å²) in [6.45, 7) is 5.15. The largest absolute Gasteiger partial charge is 0.360 e. The first kappa shape index (κ1) is 13.3. The van der Waals surface area contributed by atoms with E-state index >= 15 is 0 Å². The predicted molar refractivity (Wildman–Crippen MR) is 78.3 cm³/mol. The number of hydrogen-bond acceptors (Lipinski definition) is 4. The van der Waals surface area contributed by atoms with Crippen molar-refractivity contribution in [3.63, 3.8) is 0 Å². The van der Waals surface area contributed by atoms with Gasteiger partial charge in [-0.05, 0) is 18.9 Å². The molecule has 2 unspecified atom stereocenters. The lowest BCUT2D eigenvalue weighted by molar-refractivity contribution is 0.120. The Hall–Kier alpha value is -1.65. The van der Waals surface area contributed by atoms with Crippen LogP contribution in [0.2, 0.25) is 0 Å². The van der Waals surface area contributed by atoms with Crippen LogP contribution in [0.5, 0.6) is 0 Å². The van der Waals surface area contributed by atoms with Crippen molar-refractivity contribution >= 4 is 0 Å². The summed E-state index contributed by atoms with van der Waals surface area (Å²) < 4.78 is 5.23. The second-order valence-corrected chi connectivity index (χ2v) is 5.55. The molecule has 4 nitrogen and oxygen atoms in total. The lowest BCUT2D eigenvalue weighted by atomic mass is 10.0. The molecule has 2 atom stereocenters. The monoisotopic (exact) mass is 271 g/mol. The Balaban J connectivity index is 1.61. The highest BCUT2D eigenvalue weighted by Crippen LogP contribution is 2.14. The van der Waals surface area contributed by atoms with Gasteiger partial charge in [0.05, 0.1) is 12.7 Å². The highest BCUT2D eigenvalue weighted by atomic mass is 16.5. The maximum Gasteiger partial charge on any atom is 0.150 e. The fourth-order valence-corrected chi connectivity index (χ4v) is 2.77. The van der Waals surface area contributed by atoms with Crippen molar-refractivity contribution in [2.75, 3.05) is 13.1 Å². The van der Waals surface area contributed by atoms with E-state index < -0.39 is 0 Å². The second-order valence-electron chi connectivity index (χ2n) is 5.55. The first-order chi connectivity index (χ1) is 9.81. The summed E-state index contributed by atoms with van der Waals surface area (Å²) in [4.78, 5) is 2.46. The Morgan fingerprint density at radius 2 is 2.15 bits per heavy atom. The van der Waals surface area contributed by atoms with Gasteiger partial charge < -0.3 is 9.84 Å². The summed E-state index contributed by atoms with van der Waals surface area (Å²) in [6.07, 6.45) is 2.78. The summed E-state index contributed by atoms with van der Waals surface area (Å²) in [7, 11) is 0. The first-order valence-electron chi connectivity index (χ1n) is 7.22. The third-order valence-electron chi connectivity index (χ3n) is 3.96. The fourth-order valence-electron chi connectivity index (χ4n) is 2.77. The van der Waals surface area contributed by atoms with E-state index in [-0.39, 0.29) is 0 Å². The number of piperazine rings is 1. The van der Waals surface area contributed by atoms with Crippen LogP contribution in [0.4, 0.5) is 0 Å². The molecule has 1 aliphatic heterocycles. The van der Waals surface area contributed by atoms with Crippen LogP contribution in [0.25, 0.3) is 0 Å². The van der Waals surface area contributed by atoms with E-state index in [0.29, 0.717) is 12.1 Å². The number of nitrogens with zero attached hydrogens (tertiary/aromatic N) is 2. The molecule has 1 N–H and O–H groups in total. The van der Waals surface area contributed by atoms with Gasteiger partial charge >= 0.3 is 0 Å². The average Bonchev–Trinajstić information content (AvgIpc) is 2.97. The Kier molecular flexibility index (Phi) is 4.14. The summed E-state index contributed by atoms with van der Waals surface area (Å²) in [5.74, 6) is 0.942. The number of benzene rings is 1. The lowest BCUT2D eigenvalue weighted by Crippen LogP contribution is -2.55. The molecule has 1 saturated heterocycles. The summed E-state index contributed by atoms with van der Waals surface area (Å²) in [5, 5.41) is 7.42. The maximum absolute atomic E-state index is 5.23. The van der Waals surface area contributed by atoms with E-state index in [1.807, 2.05) is 6.07 Å². The molecule has 106 valence electrons. The maximum atomic E-state index is 5.23. The average molecular weight is 271 g/mol. The van der Waals surface area contributed by atoms with Crippen LogP contribution < -0.4 is 5.32 Å². The van der Waals surface area contributed by atoms with Crippen molar-refractivity contribution in [1.82, 2.24) is 15.4 Å². The van der Waals surface area contributed by atoms with Crippen molar-refractivity contribution in [3.05, 3.63) is 53.9 Å². The smallest absolute Gasteiger partial charge is 0.150 e. The van der Waals surface area contributed by atoms with Crippen LogP contribution in [-0.4, -0.2) is 35.2 Å². The second kappa shape index (κ2) is 6.20. The van der Waals surface area contributed by atoms with Crippen LogP contribution >= 0.6 is 0 Å². The standard InChI is InChI=1S/C16H21N3O/c1-13-10-17-15(9-14-5-3-2-4-6-14)11-19(13)12-16-7-8-18-20-16/h2-8,13,15,17H,9-12H2,1H3. The molecule has 1 aromatic carbocycles. The van der Waals surface area contributed by atoms with E-state index in [4.69, 9.17) is 4.52 Å². The molecule has 0 aliphatic carbocycles. The van der Waals surface area contributed by atoms with Gasteiger partial charge in [0.1, 0.15) is 0 Å². The molecule has 4 heteroatoms. The predicted octanol–water partition coefficient (Wildman–Crippen LogP) is 2.08. The summed E-state index contributed by atoms with van der Waals surface area (Å²) in [5.41, 5.74) is 1.39. The molecule has 0 spiro atoms. The van der Waals surface area contributed by atoms with Gasteiger partial charge in [-0.15, -0.1) is 0 Å². The highest BCUT2D eigenvalue weighted by Gasteiger charge is 2.25. The molecular formula is C16H21N3O. The quantitative estimate of drug-likeness (QED) is 0.924. The third-order valence-corrected chi connectivity index (χ3v) is 3.96. The Morgan fingerprint density at radius 1 is 1.30 bits per heavy atom. The van der Waals surface area contributed by atoms with Gasteiger partial charge in [-0.1, -0.05) is 35.5 Å². The van der Waals surface area contributed by atoms with Crippen molar-refractivity contribution in [2.24, 2.45) is 0 Å². The molecule has 2 aromatic rings. The van der Waals surface area contributed by atoms with Crippen LogP contribution in [0.3, 0.4) is 0 Å². The van der Waals surface area contributed by atoms with Gasteiger partial charge in [0.25, 0.3) is 0 Å². The van der Waals surface area contributed by atoms with Crippen LogP contribution in [0, 0.1) is 0 Å². The number of hydrogen-bond donors (Lipinski definition) is 1. The third kappa shape index (κ3) is 3.26. The van der Waals surface area contributed by atoms with Crippen LogP contribution in [0.1, 0.15) is 18.2 Å². The fraction of sp³-hybridized carbons (Fsp3) is 0.438. The van der Waals surface area contributed by atoms with Crippen molar-refractivity contribution < 1.29 is 4.52 Å². The van der Waals surface area contributed by atoms with Crippen molar-refractivity contribution in [1.29, 1.82) is 0 Å². The van der Waals surface area contributed by atoms with E-state index in [0.717, 1.165) is 31.8 Å². The zero-order valence-electron chi connectivity index (χ0n) is 11.8. The minimum atomic E-state index is 0.497. The van der Waals surface area contributed by atoms with E-state index in [1.54, 1.807) is 6.20 Å². The van der Waals surface area contributed by atoms with E-state index in [9.17, 15) is 0 Å². The lowest BCUT2D eigenvalue weighted by Gasteiger charge is -2.38. The molecule has 1 aliphatic rings. The molecule has 0 amide bonds. The highest BCUT2D eigenvalue weighted by molar-refractivity contribution is 5.16.